The Morgan fingerprint density at radius 1 is 1.29 bits per heavy atom. The van der Waals surface area contributed by atoms with Crippen LogP contribution in [-0.4, -0.2) is 50.1 Å². The van der Waals surface area contributed by atoms with Crippen molar-refractivity contribution < 1.29 is 14.3 Å². The van der Waals surface area contributed by atoms with Gasteiger partial charge in [0.2, 0.25) is 0 Å². The van der Waals surface area contributed by atoms with Crippen molar-refractivity contribution in [1.82, 2.24) is 10.2 Å². The number of nitrogens with one attached hydrogen (secondary N) is 1. The maximum atomic E-state index is 10.9. The van der Waals surface area contributed by atoms with Crippen LogP contribution in [0.5, 0.6) is 5.75 Å². The molecule has 1 saturated heterocycles. The molecule has 1 fully saturated rings. The lowest BCUT2D eigenvalue weighted by atomic mass is 10.00. The Balaban J connectivity index is 0.00000341. The van der Waals surface area contributed by atoms with Gasteiger partial charge < -0.3 is 25.4 Å². The number of morpholine rings is 1. The first-order valence-electron chi connectivity index (χ1n) is 10.1. The molecule has 2 aromatic rings. The van der Waals surface area contributed by atoms with Gasteiger partial charge in [-0.25, -0.2) is 0 Å². The smallest absolute Gasteiger partial charge is 0.255 e. The molecule has 1 heterocycles. The second-order valence-electron chi connectivity index (χ2n) is 7.47. The Hall–Kier alpha value is -2.33. The number of aryl methyl sites for hydroxylation is 2. The van der Waals surface area contributed by atoms with Gasteiger partial charge in [0.15, 0.2) is 12.6 Å². The largest absolute Gasteiger partial charge is 0.484 e. The van der Waals surface area contributed by atoms with Gasteiger partial charge in [-0.1, -0.05) is 35.9 Å². The lowest BCUT2D eigenvalue weighted by Crippen LogP contribution is -2.48. The Morgan fingerprint density at radius 3 is 2.81 bits per heavy atom. The topological polar surface area (TPSA) is 89.2 Å². The number of benzene rings is 2. The highest BCUT2D eigenvalue weighted by molar-refractivity contribution is 14.0. The van der Waals surface area contributed by atoms with Gasteiger partial charge in [0, 0.05) is 20.1 Å². The van der Waals surface area contributed by atoms with Crippen LogP contribution in [0, 0.1) is 13.8 Å². The van der Waals surface area contributed by atoms with E-state index in [1.165, 1.54) is 16.7 Å². The van der Waals surface area contributed by atoms with Crippen molar-refractivity contribution in [2.24, 2.45) is 10.7 Å². The van der Waals surface area contributed by atoms with E-state index in [4.69, 9.17) is 15.2 Å². The molecule has 1 unspecified atom stereocenters. The number of amides is 1. The normalized spacial score (nSPS) is 16.4. The van der Waals surface area contributed by atoms with Gasteiger partial charge in [-0.05, 0) is 42.7 Å². The molecule has 1 aliphatic heterocycles. The molecule has 0 bridgehead atoms. The van der Waals surface area contributed by atoms with E-state index in [1.807, 2.05) is 18.2 Å². The summed E-state index contributed by atoms with van der Waals surface area (Å²) in [5, 5.41) is 3.42. The molecule has 31 heavy (non-hydrogen) atoms. The van der Waals surface area contributed by atoms with Gasteiger partial charge in [-0.3, -0.25) is 9.79 Å². The molecule has 7 nitrogen and oxygen atoms in total. The molecule has 3 N–H and O–H groups in total. The first kappa shape index (κ1) is 24.9. The summed E-state index contributed by atoms with van der Waals surface area (Å²) in [5.74, 6) is 0.950. The Morgan fingerprint density at radius 2 is 2.10 bits per heavy atom. The quantitative estimate of drug-likeness (QED) is 0.336. The number of nitrogens with two attached hydrogens (primary N) is 1. The fourth-order valence-electron chi connectivity index (χ4n) is 3.63. The third kappa shape index (κ3) is 7.10. The summed E-state index contributed by atoms with van der Waals surface area (Å²) in [5.41, 5.74) is 9.89. The SMILES string of the molecule is CN=C(NCc1cccc(OCC(N)=O)c1)N1CCOC(c2ccc(C)cc2C)C1.I. The summed E-state index contributed by atoms with van der Waals surface area (Å²) >= 11 is 0. The maximum Gasteiger partial charge on any atom is 0.255 e. The number of nitrogens with zero attached hydrogens (tertiary/aromatic N) is 2. The predicted molar refractivity (Wildman–Crippen MR) is 133 cm³/mol. The lowest BCUT2D eigenvalue weighted by Gasteiger charge is -2.36. The molecule has 1 aliphatic rings. The van der Waals surface area contributed by atoms with Crippen LogP contribution < -0.4 is 15.8 Å². The number of rotatable bonds is 6. The maximum absolute atomic E-state index is 10.9. The predicted octanol–water partition coefficient (Wildman–Crippen LogP) is 2.93. The summed E-state index contributed by atoms with van der Waals surface area (Å²) in [6, 6.07) is 14.1. The summed E-state index contributed by atoms with van der Waals surface area (Å²) in [6.07, 6.45) is 0.0171. The summed E-state index contributed by atoms with van der Waals surface area (Å²) in [4.78, 5) is 17.6. The van der Waals surface area contributed by atoms with E-state index in [0.717, 1.165) is 24.6 Å². The zero-order valence-electron chi connectivity index (χ0n) is 18.3. The Bertz CT molecular complexity index is 919. The first-order chi connectivity index (χ1) is 14.5. The minimum absolute atomic E-state index is 0. The zero-order valence-corrected chi connectivity index (χ0v) is 20.6. The third-order valence-electron chi connectivity index (χ3n) is 5.08. The summed E-state index contributed by atoms with van der Waals surface area (Å²) < 4.78 is 11.4. The molecular formula is C23H31IN4O3. The molecule has 1 amide bonds. The Labute approximate surface area is 201 Å². The van der Waals surface area contributed by atoms with E-state index in [9.17, 15) is 4.79 Å². The van der Waals surface area contributed by atoms with Gasteiger partial charge >= 0.3 is 0 Å². The van der Waals surface area contributed by atoms with E-state index in [2.05, 4.69) is 47.3 Å². The van der Waals surface area contributed by atoms with Crippen molar-refractivity contribution in [3.8, 4) is 5.75 Å². The molecule has 168 valence electrons. The standard InChI is InChI=1S/C23H30N4O3.HI/c1-16-7-8-20(17(2)11-16)21-14-27(9-10-29-21)23(25-3)26-13-18-5-4-6-19(12-18)30-15-22(24)28;/h4-8,11-12,21H,9-10,13-15H2,1-3H3,(H2,24,28)(H,25,26);1H. The number of carbonyl (C=O) groups excluding carboxylic acids is 1. The minimum atomic E-state index is -0.496. The van der Waals surface area contributed by atoms with Crippen molar-refractivity contribution in [2.75, 3.05) is 33.4 Å². The zero-order chi connectivity index (χ0) is 21.5. The van der Waals surface area contributed by atoms with Gasteiger partial charge in [-0.15, -0.1) is 24.0 Å². The van der Waals surface area contributed by atoms with Crippen LogP contribution in [-0.2, 0) is 16.1 Å². The van der Waals surface area contributed by atoms with Gasteiger partial charge in [0.05, 0.1) is 13.2 Å². The summed E-state index contributed by atoms with van der Waals surface area (Å²) in [7, 11) is 1.79. The van der Waals surface area contributed by atoms with Crippen LogP contribution in [0.25, 0.3) is 0 Å². The summed E-state index contributed by atoms with van der Waals surface area (Å²) in [6.45, 7) is 6.86. The van der Waals surface area contributed by atoms with E-state index >= 15 is 0 Å². The lowest BCUT2D eigenvalue weighted by molar-refractivity contribution is -0.119. The van der Waals surface area contributed by atoms with E-state index < -0.39 is 5.91 Å². The number of primary amides is 1. The Kier molecular flexibility index (Phi) is 9.57. The molecule has 3 rings (SSSR count). The molecule has 2 aromatic carbocycles. The van der Waals surface area contributed by atoms with Crippen LogP contribution in [0.4, 0.5) is 0 Å². The third-order valence-corrected chi connectivity index (χ3v) is 5.08. The molecular weight excluding hydrogens is 507 g/mol. The molecule has 0 radical (unpaired) electrons. The highest BCUT2D eigenvalue weighted by Gasteiger charge is 2.25. The van der Waals surface area contributed by atoms with Gasteiger partial charge in [-0.2, -0.15) is 0 Å². The van der Waals surface area contributed by atoms with E-state index in [0.29, 0.717) is 18.9 Å². The van der Waals surface area contributed by atoms with Crippen molar-refractivity contribution in [1.29, 1.82) is 0 Å². The molecule has 0 spiro atoms. The number of carbonyl (C=O) groups is 1. The number of hydrogen-bond acceptors (Lipinski definition) is 4. The monoisotopic (exact) mass is 538 g/mol. The number of guanidine groups is 1. The number of aliphatic imine (C=N–C) groups is 1. The van der Waals surface area contributed by atoms with Crippen molar-refractivity contribution in [3.05, 3.63) is 64.7 Å². The number of hydrogen-bond donors (Lipinski definition) is 2. The van der Waals surface area contributed by atoms with Crippen LogP contribution in [0.15, 0.2) is 47.5 Å². The van der Waals surface area contributed by atoms with Crippen LogP contribution in [0.3, 0.4) is 0 Å². The average molecular weight is 538 g/mol. The molecule has 8 heteroatoms. The van der Waals surface area contributed by atoms with Crippen molar-refractivity contribution in [2.45, 2.75) is 26.5 Å². The highest BCUT2D eigenvalue weighted by atomic mass is 127. The molecule has 0 aromatic heterocycles. The van der Waals surface area contributed by atoms with Crippen molar-refractivity contribution >= 4 is 35.8 Å². The van der Waals surface area contributed by atoms with Crippen LogP contribution in [0.1, 0.15) is 28.4 Å². The fraction of sp³-hybridized carbons (Fsp3) is 0.391. The van der Waals surface area contributed by atoms with E-state index in [-0.39, 0.29) is 36.7 Å². The van der Waals surface area contributed by atoms with Crippen LogP contribution in [0.2, 0.25) is 0 Å². The van der Waals surface area contributed by atoms with Gasteiger partial charge in [0.25, 0.3) is 5.91 Å². The molecule has 1 atom stereocenters. The first-order valence-corrected chi connectivity index (χ1v) is 10.1. The van der Waals surface area contributed by atoms with Gasteiger partial charge in [0.1, 0.15) is 11.9 Å². The fourth-order valence-corrected chi connectivity index (χ4v) is 3.63. The number of ether oxygens (including phenoxy) is 2. The molecule has 0 saturated carbocycles. The second-order valence-corrected chi connectivity index (χ2v) is 7.47. The molecule has 0 aliphatic carbocycles. The number of halogens is 1. The highest BCUT2D eigenvalue weighted by Crippen LogP contribution is 2.26. The van der Waals surface area contributed by atoms with Crippen molar-refractivity contribution in [3.63, 3.8) is 0 Å². The average Bonchev–Trinajstić information content (AvgIpc) is 2.73. The minimum Gasteiger partial charge on any atom is -0.484 e. The second kappa shape index (κ2) is 11.9. The van der Waals surface area contributed by atoms with Crippen LogP contribution >= 0.6 is 24.0 Å². The van der Waals surface area contributed by atoms with E-state index in [1.54, 1.807) is 13.1 Å².